The molecule has 2 unspecified atom stereocenters. The average Bonchev–Trinajstić information content (AvgIpc) is 2.71. The van der Waals surface area contributed by atoms with E-state index in [2.05, 4.69) is 0 Å². The van der Waals surface area contributed by atoms with Gasteiger partial charge >= 0.3 is 0 Å². The maximum atomic E-state index is 11.0. The van der Waals surface area contributed by atoms with Crippen LogP contribution >= 0.6 is 0 Å². The highest BCUT2D eigenvalue weighted by atomic mass is 16.6. The zero-order valence-corrected chi connectivity index (χ0v) is 7.09. The molecule has 0 radical (unpaired) electrons. The van der Waals surface area contributed by atoms with E-state index in [1.54, 1.807) is 0 Å². The largest absolute Gasteiger partial charge is 0.373 e. The van der Waals surface area contributed by atoms with Crippen LogP contribution in [0.25, 0.3) is 0 Å². The van der Waals surface area contributed by atoms with Crippen molar-refractivity contribution < 1.29 is 9.53 Å². The van der Waals surface area contributed by atoms with Crippen LogP contribution < -0.4 is 5.73 Å². The lowest BCUT2D eigenvalue weighted by Crippen LogP contribution is -2.35. The molecular formula is C8H15NO2. The fraction of sp³-hybridized carbons (Fsp3) is 0.875. The summed E-state index contributed by atoms with van der Waals surface area (Å²) in [4.78, 5) is 11.0. The number of nitrogens with two attached hydrogens (primary N) is 1. The topological polar surface area (TPSA) is 55.6 Å². The van der Waals surface area contributed by atoms with Gasteiger partial charge < -0.3 is 10.5 Å². The van der Waals surface area contributed by atoms with Crippen LogP contribution in [-0.2, 0) is 9.53 Å². The number of amides is 1. The highest BCUT2D eigenvalue weighted by molar-refractivity contribution is 5.80. The van der Waals surface area contributed by atoms with Crippen molar-refractivity contribution in [1.82, 2.24) is 0 Å². The van der Waals surface area contributed by atoms with Crippen LogP contribution in [0.4, 0.5) is 0 Å². The van der Waals surface area contributed by atoms with Crippen molar-refractivity contribution in [1.29, 1.82) is 0 Å². The number of ether oxygens (including phenoxy) is 1. The highest BCUT2D eigenvalue weighted by Crippen LogP contribution is 2.32. The second kappa shape index (κ2) is 2.81. The van der Waals surface area contributed by atoms with Gasteiger partial charge in [0.15, 0.2) is 0 Å². The molecule has 0 aliphatic carbocycles. The van der Waals surface area contributed by atoms with E-state index in [0.717, 1.165) is 19.4 Å². The fourth-order valence-corrected chi connectivity index (χ4v) is 1.11. The van der Waals surface area contributed by atoms with Crippen molar-refractivity contribution >= 4 is 5.91 Å². The van der Waals surface area contributed by atoms with Gasteiger partial charge in [0.1, 0.15) is 0 Å². The molecule has 0 aromatic heterocycles. The maximum Gasteiger partial charge on any atom is 0.223 e. The van der Waals surface area contributed by atoms with Crippen molar-refractivity contribution in [3.8, 4) is 0 Å². The van der Waals surface area contributed by atoms with Crippen LogP contribution in [0.1, 0.15) is 26.7 Å². The summed E-state index contributed by atoms with van der Waals surface area (Å²) in [6.07, 6.45) is 1.86. The van der Waals surface area contributed by atoms with E-state index < -0.39 is 0 Å². The molecule has 3 heteroatoms. The van der Waals surface area contributed by atoms with Crippen LogP contribution in [0.2, 0.25) is 0 Å². The molecule has 64 valence electrons. The monoisotopic (exact) mass is 157 g/mol. The van der Waals surface area contributed by atoms with Gasteiger partial charge in [0.05, 0.1) is 12.7 Å². The summed E-state index contributed by atoms with van der Waals surface area (Å²) in [6.45, 7) is 4.67. The van der Waals surface area contributed by atoms with Gasteiger partial charge in [0, 0.05) is 5.41 Å². The van der Waals surface area contributed by atoms with Gasteiger partial charge in [-0.3, -0.25) is 4.79 Å². The minimum atomic E-state index is -0.360. The Morgan fingerprint density at radius 2 is 2.36 bits per heavy atom. The second-order valence-corrected chi connectivity index (χ2v) is 3.44. The van der Waals surface area contributed by atoms with E-state index in [9.17, 15) is 4.79 Å². The summed E-state index contributed by atoms with van der Waals surface area (Å²) in [5.41, 5.74) is 4.90. The molecule has 2 N–H and O–H groups in total. The lowest BCUT2D eigenvalue weighted by Gasteiger charge is -2.22. The number of carbonyl (C=O) groups is 1. The Balaban J connectivity index is 2.49. The van der Waals surface area contributed by atoms with Crippen LogP contribution in [0.15, 0.2) is 0 Å². The summed E-state index contributed by atoms with van der Waals surface area (Å²) in [7, 11) is 0. The normalized spacial score (nSPS) is 27.6. The molecule has 1 aliphatic heterocycles. The summed E-state index contributed by atoms with van der Waals surface area (Å²) >= 11 is 0. The Morgan fingerprint density at radius 1 is 1.82 bits per heavy atom. The first-order valence-electron chi connectivity index (χ1n) is 4.00. The third kappa shape index (κ3) is 1.93. The van der Waals surface area contributed by atoms with Crippen molar-refractivity contribution in [2.24, 2.45) is 11.1 Å². The zero-order chi connectivity index (χ0) is 8.48. The average molecular weight is 157 g/mol. The van der Waals surface area contributed by atoms with Gasteiger partial charge in [-0.25, -0.2) is 0 Å². The van der Waals surface area contributed by atoms with Gasteiger partial charge in [-0.05, 0) is 12.8 Å². The molecule has 11 heavy (non-hydrogen) atoms. The molecule has 0 aromatic rings. The molecule has 1 aliphatic rings. The molecule has 0 saturated carbocycles. The first kappa shape index (κ1) is 8.53. The third-order valence-electron chi connectivity index (χ3n) is 2.46. The summed E-state index contributed by atoms with van der Waals surface area (Å²) < 4.78 is 5.05. The van der Waals surface area contributed by atoms with Crippen LogP contribution in [0.5, 0.6) is 0 Å². The maximum absolute atomic E-state index is 11.0. The van der Waals surface area contributed by atoms with E-state index in [4.69, 9.17) is 10.5 Å². The smallest absolute Gasteiger partial charge is 0.223 e. The van der Waals surface area contributed by atoms with Gasteiger partial charge in [0.2, 0.25) is 5.91 Å². The summed E-state index contributed by atoms with van der Waals surface area (Å²) in [6, 6.07) is 0. The number of epoxide rings is 1. The summed E-state index contributed by atoms with van der Waals surface area (Å²) in [5, 5.41) is 0. The third-order valence-corrected chi connectivity index (χ3v) is 2.46. The number of rotatable bonds is 4. The van der Waals surface area contributed by atoms with Gasteiger partial charge in [-0.1, -0.05) is 13.8 Å². The van der Waals surface area contributed by atoms with E-state index in [-0.39, 0.29) is 17.4 Å². The lowest BCUT2D eigenvalue weighted by molar-refractivity contribution is -0.127. The van der Waals surface area contributed by atoms with Crippen molar-refractivity contribution in [2.75, 3.05) is 6.61 Å². The summed E-state index contributed by atoms with van der Waals surface area (Å²) in [5.74, 6) is -0.212. The fourth-order valence-electron chi connectivity index (χ4n) is 1.11. The number of primary amides is 1. The Hall–Kier alpha value is -0.570. The van der Waals surface area contributed by atoms with Crippen molar-refractivity contribution in [2.45, 2.75) is 32.8 Å². The van der Waals surface area contributed by atoms with Gasteiger partial charge in [0.25, 0.3) is 0 Å². The van der Waals surface area contributed by atoms with Crippen molar-refractivity contribution in [3.63, 3.8) is 0 Å². The lowest BCUT2D eigenvalue weighted by atomic mass is 9.82. The van der Waals surface area contributed by atoms with Gasteiger partial charge in [-0.2, -0.15) is 0 Å². The number of hydrogen-bond donors (Lipinski definition) is 1. The van der Waals surface area contributed by atoms with E-state index in [0.29, 0.717) is 0 Å². The predicted octanol–water partition coefficient (Wildman–Crippen LogP) is 0.677. The van der Waals surface area contributed by atoms with Crippen LogP contribution in [0.3, 0.4) is 0 Å². The number of carbonyl (C=O) groups excluding carboxylic acids is 1. The molecule has 0 spiro atoms. The molecular weight excluding hydrogens is 142 g/mol. The first-order chi connectivity index (χ1) is 5.08. The molecule has 1 rings (SSSR count). The predicted molar refractivity (Wildman–Crippen MR) is 41.9 cm³/mol. The Kier molecular flexibility index (Phi) is 2.18. The highest BCUT2D eigenvalue weighted by Gasteiger charge is 2.37. The van der Waals surface area contributed by atoms with E-state index >= 15 is 0 Å². The van der Waals surface area contributed by atoms with E-state index in [1.807, 2.05) is 13.8 Å². The molecule has 1 saturated heterocycles. The van der Waals surface area contributed by atoms with Crippen LogP contribution in [-0.4, -0.2) is 18.6 Å². The standard InChI is InChI=1S/C8H15NO2/c1-3-8(2,7(9)10)4-6-5-11-6/h6H,3-5H2,1-2H3,(H2,9,10). The minimum Gasteiger partial charge on any atom is -0.373 e. The van der Waals surface area contributed by atoms with Crippen molar-refractivity contribution in [3.05, 3.63) is 0 Å². The van der Waals surface area contributed by atoms with E-state index in [1.165, 1.54) is 0 Å². The first-order valence-corrected chi connectivity index (χ1v) is 4.00. The molecule has 2 atom stereocenters. The zero-order valence-electron chi connectivity index (χ0n) is 7.09. The minimum absolute atomic E-state index is 0.212. The molecule has 1 heterocycles. The second-order valence-electron chi connectivity index (χ2n) is 3.44. The molecule has 1 fully saturated rings. The Bertz CT molecular complexity index is 165. The molecule has 3 nitrogen and oxygen atoms in total. The van der Waals surface area contributed by atoms with Gasteiger partial charge in [-0.15, -0.1) is 0 Å². The Labute approximate surface area is 66.9 Å². The SMILES string of the molecule is CCC(C)(CC1CO1)C(N)=O. The number of hydrogen-bond acceptors (Lipinski definition) is 2. The van der Waals surface area contributed by atoms with Crippen LogP contribution in [0, 0.1) is 5.41 Å². The Morgan fingerprint density at radius 3 is 2.64 bits per heavy atom. The molecule has 1 amide bonds. The molecule has 0 bridgehead atoms. The quantitative estimate of drug-likeness (QED) is 0.610. The molecule has 0 aromatic carbocycles.